The summed E-state index contributed by atoms with van der Waals surface area (Å²) in [4.78, 5) is 2.71. The molecular weight excluding hydrogens is 368 g/mol. The lowest BCUT2D eigenvalue weighted by molar-refractivity contribution is 0.190. The fourth-order valence-electron chi connectivity index (χ4n) is 3.18. The highest BCUT2D eigenvalue weighted by atomic mass is 35.5. The number of nitrogens with zero attached hydrogens (tertiary/aromatic N) is 2. The highest BCUT2D eigenvalue weighted by Gasteiger charge is 2.28. The zero-order chi connectivity index (χ0) is 18.6. The van der Waals surface area contributed by atoms with Crippen molar-refractivity contribution < 1.29 is 8.42 Å². The first kappa shape index (κ1) is 19.4. The van der Waals surface area contributed by atoms with Crippen LogP contribution in [-0.4, -0.2) is 50.3 Å². The van der Waals surface area contributed by atoms with E-state index in [4.69, 9.17) is 11.6 Å². The predicted octanol–water partition coefficient (Wildman–Crippen LogP) is 3.45. The van der Waals surface area contributed by atoms with Crippen molar-refractivity contribution in [3.8, 4) is 0 Å². The minimum Gasteiger partial charge on any atom is -0.300 e. The molecule has 1 fully saturated rings. The van der Waals surface area contributed by atoms with Crippen molar-refractivity contribution in [2.75, 3.05) is 32.7 Å². The Bertz CT molecular complexity index is 812. The van der Waals surface area contributed by atoms with Gasteiger partial charge in [0.1, 0.15) is 0 Å². The molecule has 0 aliphatic carbocycles. The number of halogens is 1. The van der Waals surface area contributed by atoms with Gasteiger partial charge in [-0.05, 0) is 48.2 Å². The van der Waals surface area contributed by atoms with E-state index in [2.05, 4.69) is 11.8 Å². The van der Waals surface area contributed by atoms with E-state index in [0.29, 0.717) is 18.0 Å². The molecule has 2 aromatic carbocycles. The van der Waals surface area contributed by atoms with Gasteiger partial charge in [-0.1, -0.05) is 42.8 Å². The van der Waals surface area contributed by atoms with Crippen molar-refractivity contribution in [3.63, 3.8) is 0 Å². The Kier molecular flexibility index (Phi) is 6.35. The third-order valence-corrected chi connectivity index (χ3v) is 7.10. The lowest BCUT2D eigenvalue weighted by atomic mass is 10.1. The maximum absolute atomic E-state index is 12.8. The topological polar surface area (TPSA) is 40.6 Å². The van der Waals surface area contributed by atoms with E-state index >= 15 is 0 Å². The maximum Gasteiger partial charge on any atom is 0.243 e. The van der Waals surface area contributed by atoms with E-state index in [9.17, 15) is 8.42 Å². The van der Waals surface area contributed by atoms with Crippen LogP contribution in [0, 0.1) is 0 Å². The van der Waals surface area contributed by atoms with Crippen LogP contribution in [0.3, 0.4) is 0 Å². The van der Waals surface area contributed by atoms with Crippen LogP contribution in [0.25, 0.3) is 0 Å². The molecule has 6 heteroatoms. The van der Waals surface area contributed by atoms with Gasteiger partial charge in [0, 0.05) is 37.7 Å². The van der Waals surface area contributed by atoms with Crippen LogP contribution in [0.15, 0.2) is 53.4 Å². The standard InChI is InChI=1S/C20H25ClN2O2S/c1-2-17-5-9-20(10-6-17)26(24,25)23-15-13-22(14-16-23)12-11-18-3-7-19(21)8-4-18/h3-10H,2,11-16H2,1H3. The van der Waals surface area contributed by atoms with Gasteiger partial charge in [0.05, 0.1) is 4.90 Å². The quantitative estimate of drug-likeness (QED) is 0.756. The Labute approximate surface area is 161 Å². The Morgan fingerprint density at radius 3 is 2.04 bits per heavy atom. The minimum atomic E-state index is -3.39. The summed E-state index contributed by atoms with van der Waals surface area (Å²) in [6.07, 6.45) is 1.86. The van der Waals surface area contributed by atoms with Crippen LogP contribution in [0.5, 0.6) is 0 Å². The van der Waals surface area contributed by atoms with Gasteiger partial charge in [0.2, 0.25) is 10.0 Å². The van der Waals surface area contributed by atoms with Crippen LogP contribution in [0.2, 0.25) is 5.02 Å². The van der Waals surface area contributed by atoms with Gasteiger partial charge in [-0.25, -0.2) is 8.42 Å². The van der Waals surface area contributed by atoms with E-state index in [1.54, 1.807) is 16.4 Å². The number of hydrogen-bond donors (Lipinski definition) is 0. The average Bonchev–Trinajstić information content (AvgIpc) is 2.68. The molecule has 1 aliphatic heterocycles. The molecule has 140 valence electrons. The largest absolute Gasteiger partial charge is 0.300 e. The summed E-state index contributed by atoms with van der Waals surface area (Å²) < 4.78 is 27.2. The maximum atomic E-state index is 12.8. The highest BCUT2D eigenvalue weighted by Crippen LogP contribution is 2.19. The van der Waals surface area contributed by atoms with Gasteiger partial charge >= 0.3 is 0 Å². The molecule has 0 atom stereocenters. The second kappa shape index (κ2) is 8.53. The zero-order valence-corrected chi connectivity index (χ0v) is 16.6. The first-order valence-corrected chi connectivity index (χ1v) is 10.9. The van der Waals surface area contributed by atoms with Gasteiger partial charge in [-0.15, -0.1) is 0 Å². The SMILES string of the molecule is CCc1ccc(S(=O)(=O)N2CCN(CCc3ccc(Cl)cc3)CC2)cc1. The van der Waals surface area contributed by atoms with Gasteiger partial charge in [-0.2, -0.15) is 4.31 Å². The molecule has 0 amide bonds. The first-order valence-electron chi connectivity index (χ1n) is 9.05. The Morgan fingerprint density at radius 2 is 1.46 bits per heavy atom. The normalized spacial score (nSPS) is 16.7. The number of rotatable bonds is 6. The van der Waals surface area contributed by atoms with Gasteiger partial charge < -0.3 is 4.90 Å². The smallest absolute Gasteiger partial charge is 0.243 e. The van der Waals surface area contributed by atoms with E-state index < -0.39 is 10.0 Å². The van der Waals surface area contributed by atoms with E-state index in [1.807, 2.05) is 36.4 Å². The molecule has 1 aliphatic rings. The molecule has 1 saturated heterocycles. The number of benzene rings is 2. The number of aryl methyl sites for hydroxylation is 1. The number of sulfonamides is 1. The fraction of sp³-hybridized carbons (Fsp3) is 0.400. The van der Waals surface area contributed by atoms with Gasteiger partial charge in [0.15, 0.2) is 0 Å². The number of piperazine rings is 1. The zero-order valence-electron chi connectivity index (χ0n) is 15.1. The highest BCUT2D eigenvalue weighted by molar-refractivity contribution is 7.89. The van der Waals surface area contributed by atoms with Crippen LogP contribution in [0.1, 0.15) is 18.1 Å². The van der Waals surface area contributed by atoms with Crippen LogP contribution in [-0.2, 0) is 22.9 Å². The molecule has 26 heavy (non-hydrogen) atoms. The molecule has 0 saturated carbocycles. The van der Waals surface area contributed by atoms with E-state index in [0.717, 1.165) is 43.1 Å². The predicted molar refractivity (Wildman–Crippen MR) is 106 cm³/mol. The molecule has 0 unspecified atom stereocenters. The molecule has 4 nitrogen and oxygen atoms in total. The van der Waals surface area contributed by atoms with Crippen molar-refractivity contribution in [1.82, 2.24) is 9.21 Å². The summed E-state index contributed by atoms with van der Waals surface area (Å²) in [5.74, 6) is 0. The Morgan fingerprint density at radius 1 is 0.885 bits per heavy atom. The summed E-state index contributed by atoms with van der Waals surface area (Å²) in [7, 11) is -3.39. The summed E-state index contributed by atoms with van der Waals surface area (Å²) >= 11 is 5.91. The molecule has 0 radical (unpaired) electrons. The molecule has 0 bridgehead atoms. The third kappa shape index (κ3) is 4.65. The van der Waals surface area contributed by atoms with Crippen molar-refractivity contribution in [2.24, 2.45) is 0 Å². The fourth-order valence-corrected chi connectivity index (χ4v) is 4.73. The monoisotopic (exact) mass is 392 g/mol. The van der Waals surface area contributed by atoms with Crippen LogP contribution in [0.4, 0.5) is 0 Å². The lowest BCUT2D eigenvalue weighted by Crippen LogP contribution is -2.48. The average molecular weight is 393 g/mol. The molecule has 0 spiro atoms. The molecule has 0 aromatic heterocycles. The first-order chi connectivity index (χ1) is 12.5. The van der Waals surface area contributed by atoms with E-state index in [1.165, 1.54) is 5.56 Å². The lowest BCUT2D eigenvalue weighted by Gasteiger charge is -2.34. The number of hydrogen-bond acceptors (Lipinski definition) is 3. The second-order valence-corrected chi connectivity index (χ2v) is 8.99. The second-order valence-electron chi connectivity index (χ2n) is 6.62. The molecule has 0 N–H and O–H groups in total. The summed E-state index contributed by atoms with van der Waals surface area (Å²) in [6.45, 7) is 5.60. The van der Waals surface area contributed by atoms with Gasteiger partial charge in [-0.3, -0.25) is 0 Å². The minimum absolute atomic E-state index is 0.393. The summed E-state index contributed by atoms with van der Waals surface area (Å²) in [6, 6.07) is 15.1. The molecule has 2 aromatic rings. The Hall–Kier alpha value is -1.40. The molecule has 1 heterocycles. The van der Waals surface area contributed by atoms with Crippen molar-refractivity contribution in [2.45, 2.75) is 24.7 Å². The van der Waals surface area contributed by atoms with E-state index in [-0.39, 0.29) is 0 Å². The van der Waals surface area contributed by atoms with Crippen molar-refractivity contribution in [1.29, 1.82) is 0 Å². The van der Waals surface area contributed by atoms with Crippen LogP contribution >= 0.6 is 11.6 Å². The molecular formula is C20H25ClN2O2S. The molecule has 3 rings (SSSR count). The summed E-state index contributed by atoms with van der Waals surface area (Å²) in [5, 5.41) is 0.750. The Balaban J connectivity index is 1.54. The van der Waals surface area contributed by atoms with Crippen LogP contribution < -0.4 is 0 Å². The van der Waals surface area contributed by atoms with Gasteiger partial charge in [0.25, 0.3) is 0 Å². The summed E-state index contributed by atoms with van der Waals surface area (Å²) in [5.41, 5.74) is 2.40. The third-order valence-electron chi connectivity index (χ3n) is 4.93. The van der Waals surface area contributed by atoms with Crippen molar-refractivity contribution in [3.05, 3.63) is 64.7 Å². The van der Waals surface area contributed by atoms with Crippen molar-refractivity contribution >= 4 is 21.6 Å².